The van der Waals surface area contributed by atoms with Gasteiger partial charge in [-0.15, -0.1) is 0 Å². The molecular weight excluding hydrogens is 354 g/mol. The quantitative estimate of drug-likeness (QED) is 0.535. The standard InChI is InChI=1S/2C8H4FNO3/c2*9-6-4-2-1-3-5(6)7-10-13-8(11)12-7/h2*1-4H. The zero-order valence-electron chi connectivity index (χ0n) is 12.7. The zero-order chi connectivity index (χ0) is 18.5. The zero-order valence-corrected chi connectivity index (χ0v) is 12.7. The van der Waals surface area contributed by atoms with Crippen LogP contribution in [0.3, 0.4) is 0 Å². The van der Waals surface area contributed by atoms with E-state index < -0.39 is 23.3 Å². The van der Waals surface area contributed by atoms with E-state index in [1.54, 1.807) is 12.1 Å². The van der Waals surface area contributed by atoms with Gasteiger partial charge in [0.15, 0.2) is 0 Å². The highest BCUT2D eigenvalue weighted by molar-refractivity contribution is 5.53. The molecule has 0 amide bonds. The van der Waals surface area contributed by atoms with E-state index in [4.69, 9.17) is 0 Å². The van der Waals surface area contributed by atoms with E-state index in [-0.39, 0.29) is 22.9 Å². The average molecular weight is 362 g/mol. The highest BCUT2D eigenvalue weighted by atomic mass is 19.1. The molecule has 0 aliphatic carbocycles. The van der Waals surface area contributed by atoms with Crippen LogP contribution in [-0.2, 0) is 0 Å². The summed E-state index contributed by atoms with van der Waals surface area (Å²) in [6, 6.07) is 11.6. The van der Waals surface area contributed by atoms with Gasteiger partial charge in [0.25, 0.3) is 11.8 Å². The smallest absolute Gasteiger partial charge is 0.370 e. The lowest BCUT2D eigenvalue weighted by Gasteiger charge is -1.93. The van der Waals surface area contributed by atoms with Crippen molar-refractivity contribution in [3.05, 3.63) is 81.4 Å². The molecule has 0 N–H and O–H groups in total. The lowest BCUT2D eigenvalue weighted by atomic mass is 10.2. The van der Waals surface area contributed by atoms with Gasteiger partial charge < -0.3 is 8.83 Å². The van der Waals surface area contributed by atoms with Crippen LogP contribution < -0.4 is 11.6 Å². The fourth-order valence-corrected chi connectivity index (χ4v) is 1.87. The molecule has 0 radical (unpaired) electrons. The summed E-state index contributed by atoms with van der Waals surface area (Å²) in [6.45, 7) is 0. The SMILES string of the molecule is O=c1onc(-c2ccccc2F)o1.O=c1onc(-c2ccccc2F)o1. The van der Waals surface area contributed by atoms with Gasteiger partial charge in [-0.2, -0.15) is 0 Å². The Hall–Kier alpha value is -3.82. The molecule has 4 aromatic rings. The minimum Gasteiger partial charge on any atom is -0.370 e. The molecule has 0 aliphatic heterocycles. The number of nitrogens with zero attached hydrogens (tertiary/aromatic N) is 2. The fourth-order valence-electron chi connectivity index (χ4n) is 1.87. The van der Waals surface area contributed by atoms with Crippen molar-refractivity contribution in [2.45, 2.75) is 0 Å². The molecule has 0 atom stereocenters. The summed E-state index contributed by atoms with van der Waals surface area (Å²) in [5, 5.41) is 6.51. The Labute approximate surface area is 142 Å². The predicted molar refractivity (Wildman–Crippen MR) is 80.9 cm³/mol. The molecule has 2 aromatic carbocycles. The summed E-state index contributed by atoms with van der Waals surface area (Å²) in [4.78, 5) is 20.9. The Morgan fingerprint density at radius 2 is 1.04 bits per heavy atom. The number of hydrogen-bond acceptors (Lipinski definition) is 8. The number of benzene rings is 2. The lowest BCUT2D eigenvalue weighted by molar-refractivity contribution is 0.335. The van der Waals surface area contributed by atoms with Crippen LogP contribution in [-0.4, -0.2) is 10.3 Å². The van der Waals surface area contributed by atoms with E-state index >= 15 is 0 Å². The molecule has 0 aliphatic rings. The third kappa shape index (κ3) is 3.80. The fraction of sp³-hybridized carbons (Fsp3) is 0. The maximum absolute atomic E-state index is 13.0. The first-order chi connectivity index (χ1) is 12.5. The van der Waals surface area contributed by atoms with Crippen molar-refractivity contribution in [3.8, 4) is 22.9 Å². The summed E-state index contributed by atoms with van der Waals surface area (Å²) in [5.41, 5.74) is 0.210. The Balaban J connectivity index is 0.000000151. The molecular formula is C16H8F2N2O6. The summed E-state index contributed by atoms with van der Waals surface area (Å²) in [7, 11) is 0. The molecule has 2 heterocycles. The van der Waals surface area contributed by atoms with Gasteiger partial charge in [0.1, 0.15) is 11.6 Å². The summed E-state index contributed by atoms with van der Waals surface area (Å²) < 4.78 is 43.3. The summed E-state index contributed by atoms with van der Waals surface area (Å²) >= 11 is 0. The molecule has 0 fully saturated rings. The lowest BCUT2D eigenvalue weighted by Crippen LogP contribution is -1.86. The molecule has 132 valence electrons. The first-order valence-electron chi connectivity index (χ1n) is 6.98. The van der Waals surface area contributed by atoms with E-state index in [1.807, 2.05) is 0 Å². The number of halogens is 2. The van der Waals surface area contributed by atoms with Gasteiger partial charge in [-0.1, -0.05) is 24.3 Å². The highest BCUT2D eigenvalue weighted by Crippen LogP contribution is 2.19. The third-order valence-corrected chi connectivity index (χ3v) is 2.97. The van der Waals surface area contributed by atoms with Crippen molar-refractivity contribution >= 4 is 0 Å². The van der Waals surface area contributed by atoms with Crippen LogP contribution in [0.25, 0.3) is 22.9 Å². The molecule has 0 unspecified atom stereocenters. The molecule has 0 saturated heterocycles. The molecule has 26 heavy (non-hydrogen) atoms. The third-order valence-electron chi connectivity index (χ3n) is 2.97. The van der Waals surface area contributed by atoms with E-state index in [9.17, 15) is 18.4 Å². The maximum atomic E-state index is 13.0. The Bertz CT molecular complexity index is 1040. The van der Waals surface area contributed by atoms with E-state index in [2.05, 4.69) is 28.2 Å². The largest absolute Gasteiger partial charge is 0.542 e. The predicted octanol–water partition coefficient (Wildman–Crippen LogP) is 2.87. The molecule has 2 aromatic heterocycles. The highest BCUT2D eigenvalue weighted by Gasteiger charge is 2.11. The molecule has 0 spiro atoms. The number of rotatable bonds is 2. The summed E-state index contributed by atoms with van der Waals surface area (Å²) in [5.74, 6) is -3.22. The van der Waals surface area contributed by atoms with Gasteiger partial charge in [-0.05, 0) is 34.6 Å². The number of aromatic nitrogens is 2. The second kappa shape index (κ2) is 7.38. The van der Waals surface area contributed by atoms with Gasteiger partial charge in [0.2, 0.25) is 0 Å². The Morgan fingerprint density at radius 3 is 1.35 bits per heavy atom. The molecule has 8 nitrogen and oxygen atoms in total. The first-order valence-corrected chi connectivity index (χ1v) is 6.98. The minimum absolute atomic E-state index is 0.105. The van der Waals surface area contributed by atoms with Crippen LogP contribution in [0.1, 0.15) is 0 Å². The molecule has 4 rings (SSSR count). The number of hydrogen-bond donors (Lipinski definition) is 0. The van der Waals surface area contributed by atoms with Gasteiger partial charge in [-0.3, -0.25) is 9.05 Å². The first kappa shape index (κ1) is 17.0. The van der Waals surface area contributed by atoms with Crippen LogP contribution >= 0.6 is 0 Å². The van der Waals surface area contributed by atoms with Crippen molar-refractivity contribution in [2.75, 3.05) is 0 Å². The summed E-state index contributed by atoms with van der Waals surface area (Å²) in [6.07, 6.45) is 0. The second-order valence-corrected chi connectivity index (χ2v) is 4.64. The molecule has 0 saturated carbocycles. The van der Waals surface area contributed by atoms with Crippen LogP contribution in [0.5, 0.6) is 0 Å². The van der Waals surface area contributed by atoms with E-state index in [1.165, 1.54) is 36.4 Å². The Kier molecular flexibility index (Phi) is 4.83. The van der Waals surface area contributed by atoms with Gasteiger partial charge in [0, 0.05) is 0 Å². The van der Waals surface area contributed by atoms with Crippen molar-refractivity contribution in [3.63, 3.8) is 0 Å². The Morgan fingerprint density at radius 1 is 0.654 bits per heavy atom. The minimum atomic E-state index is -0.946. The van der Waals surface area contributed by atoms with Gasteiger partial charge >= 0.3 is 11.6 Å². The molecule has 10 heteroatoms. The van der Waals surface area contributed by atoms with Crippen molar-refractivity contribution in [2.24, 2.45) is 0 Å². The second-order valence-electron chi connectivity index (χ2n) is 4.64. The average Bonchev–Trinajstić information content (AvgIpc) is 3.25. The van der Waals surface area contributed by atoms with Crippen molar-refractivity contribution in [1.29, 1.82) is 0 Å². The van der Waals surface area contributed by atoms with E-state index in [0.29, 0.717) is 0 Å². The normalized spacial score (nSPS) is 10.2. The van der Waals surface area contributed by atoms with E-state index in [0.717, 1.165) is 0 Å². The van der Waals surface area contributed by atoms with Crippen LogP contribution in [0.2, 0.25) is 0 Å². The van der Waals surface area contributed by atoms with Crippen molar-refractivity contribution < 1.29 is 26.7 Å². The van der Waals surface area contributed by atoms with Gasteiger partial charge in [0.05, 0.1) is 11.1 Å². The molecule has 0 bridgehead atoms. The van der Waals surface area contributed by atoms with Crippen LogP contribution in [0.4, 0.5) is 8.78 Å². The topological polar surface area (TPSA) is 112 Å². The van der Waals surface area contributed by atoms with Crippen LogP contribution in [0, 0.1) is 11.6 Å². The van der Waals surface area contributed by atoms with Crippen molar-refractivity contribution in [1.82, 2.24) is 10.3 Å². The maximum Gasteiger partial charge on any atom is 0.542 e. The van der Waals surface area contributed by atoms with Gasteiger partial charge in [-0.25, -0.2) is 18.4 Å². The monoisotopic (exact) mass is 362 g/mol. The van der Waals surface area contributed by atoms with Crippen LogP contribution in [0.15, 0.2) is 76.0 Å².